The first kappa shape index (κ1) is 18.4. The molecule has 0 aliphatic carbocycles. The van der Waals surface area contributed by atoms with Crippen LogP contribution in [0.5, 0.6) is 0 Å². The lowest BCUT2D eigenvalue weighted by atomic mass is 9.90. The average Bonchev–Trinajstić information content (AvgIpc) is 2.50. The third-order valence-electron chi connectivity index (χ3n) is 4.21. The Labute approximate surface area is 129 Å². The Kier molecular flexibility index (Phi) is 9.63. The fraction of sp³-hybridized carbons (Fsp3) is 0.938. The van der Waals surface area contributed by atoms with Crippen molar-refractivity contribution in [3.8, 4) is 0 Å². The SMILES string of the molecule is CCCNC1CCN(CC(=O)NCCCOC)CC1CC. The molecule has 2 N–H and O–H groups in total. The lowest BCUT2D eigenvalue weighted by Gasteiger charge is -2.38. The molecule has 5 heteroatoms. The van der Waals surface area contributed by atoms with E-state index in [1.54, 1.807) is 7.11 Å². The summed E-state index contributed by atoms with van der Waals surface area (Å²) in [7, 11) is 1.68. The Hall–Kier alpha value is -0.650. The van der Waals surface area contributed by atoms with Crippen LogP contribution >= 0.6 is 0 Å². The number of nitrogens with zero attached hydrogens (tertiary/aromatic N) is 1. The Morgan fingerprint density at radius 3 is 2.81 bits per heavy atom. The predicted molar refractivity (Wildman–Crippen MR) is 86.4 cm³/mol. The largest absolute Gasteiger partial charge is 0.385 e. The van der Waals surface area contributed by atoms with Crippen molar-refractivity contribution >= 4 is 5.91 Å². The zero-order valence-electron chi connectivity index (χ0n) is 14.0. The smallest absolute Gasteiger partial charge is 0.234 e. The van der Waals surface area contributed by atoms with Crippen molar-refractivity contribution in [1.29, 1.82) is 0 Å². The van der Waals surface area contributed by atoms with Crippen LogP contribution in [0.4, 0.5) is 0 Å². The van der Waals surface area contributed by atoms with E-state index in [2.05, 4.69) is 29.4 Å². The molecule has 0 aromatic carbocycles. The van der Waals surface area contributed by atoms with Crippen molar-refractivity contribution < 1.29 is 9.53 Å². The van der Waals surface area contributed by atoms with Gasteiger partial charge in [-0.25, -0.2) is 0 Å². The lowest BCUT2D eigenvalue weighted by Crippen LogP contribution is -2.51. The Bertz CT molecular complexity index is 287. The summed E-state index contributed by atoms with van der Waals surface area (Å²) in [6, 6.07) is 0.621. The Balaban J connectivity index is 2.26. The summed E-state index contributed by atoms with van der Waals surface area (Å²) < 4.78 is 4.98. The summed E-state index contributed by atoms with van der Waals surface area (Å²) >= 11 is 0. The first-order valence-electron chi connectivity index (χ1n) is 8.42. The number of hydrogen-bond donors (Lipinski definition) is 2. The molecule has 1 rings (SSSR count). The van der Waals surface area contributed by atoms with Crippen LogP contribution in [0.2, 0.25) is 0 Å². The predicted octanol–water partition coefficient (Wildman–Crippen LogP) is 1.24. The highest BCUT2D eigenvalue weighted by atomic mass is 16.5. The van der Waals surface area contributed by atoms with Gasteiger partial charge in [0.05, 0.1) is 6.54 Å². The molecule has 1 fully saturated rings. The quantitative estimate of drug-likeness (QED) is 0.596. The van der Waals surface area contributed by atoms with E-state index in [0.29, 0.717) is 31.7 Å². The van der Waals surface area contributed by atoms with Crippen LogP contribution in [-0.4, -0.2) is 63.3 Å². The maximum absolute atomic E-state index is 11.9. The molecule has 0 saturated carbocycles. The minimum Gasteiger partial charge on any atom is -0.385 e. The molecule has 2 unspecified atom stereocenters. The topological polar surface area (TPSA) is 53.6 Å². The lowest BCUT2D eigenvalue weighted by molar-refractivity contribution is -0.122. The summed E-state index contributed by atoms with van der Waals surface area (Å²) in [6.45, 7) is 9.54. The average molecular weight is 299 g/mol. The van der Waals surface area contributed by atoms with Gasteiger partial charge in [0.2, 0.25) is 5.91 Å². The molecule has 5 nitrogen and oxygen atoms in total. The number of rotatable bonds is 10. The minimum atomic E-state index is 0.140. The number of hydrogen-bond acceptors (Lipinski definition) is 4. The summed E-state index contributed by atoms with van der Waals surface area (Å²) in [4.78, 5) is 14.2. The van der Waals surface area contributed by atoms with Crippen molar-refractivity contribution in [3.63, 3.8) is 0 Å². The van der Waals surface area contributed by atoms with E-state index in [9.17, 15) is 4.79 Å². The molecule has 1 aliphatic rings. The van der Waals surface area contributed by atoms with Crippen LogP contribution in [-0.2, 0) is 9.53 Å². The number of likely N-dealkylation sites (tertiary alicyclic amines) is 1. The second-order valence-corrected chi connectivity index (χ2v) is 5.95. The van der Waals surface area contributed by atoms with Crippen molar-refractivity contribution in [2.45, 2.75) is 45.6 Å². The summed E-state index contributed by atoms with van der Waals surface area (Å²) in [5, 5.41) is 6.62. The highest BCUT2D eigenvalue weighted by Crippen LogP contribution is 2.20. The Morgan fingerprint density at radius 1 is 1.33 bits per heavy atom. The van der Waals surface area contributed by atoms with E-state index < -0.39 is 0 Å². The van der Waals surface area contributed by atoms with E-state index in [1.165, 1.54) is 12.8 Å². The van der Waals surface area contributed by atoms with Crippen molar-refractivity contribution in [1.82, 2.24) is 15.5 Å². The van der Waals surface area contributed by atoms with Gasteiger partial charge in [0, 0.05) is 39.4 Å². The van der Waals surface area contributed by atoms with Crippen molar-refractivity contribution in [2.75, 3.05) is 46.4 Å². The molecule has 2 atom stereocenters. The molecule has 21 heavy (non-hydrogen) atoms. The maximum atomic E-state index is 11.9. The zero-order valence-corrected chi connectivity index (χ0v) is 14.0. The number of amides is 1. The molecule has 124 valence electrons. The van der Waals surface area contributed by atoms with Gasteiger partial charge in [-0.15, -0.1) is 0 Å². The van der Waals surface area contributed by atoms with Gasteiger partial charge < -0.3 is 15.4 Å². The van der Waals surface area contributed by atoms with Crippen LogP contribution in [0.15, 0.2) is 0 Å². The molecule has 1 aliphatic heterocycles. The number of ether oxygens (including phenoxy) is 1. The van der Waals surface area contributed by atoms with Crippen LogP contribution in [0.3, 0.4) is 0 Å². The monoisotopic (exact) mass is 299 g/mol. The Morgan fingerprint density at radius 2 is 2.14 bits per heavy atom. The maximum Gasteiger partial charge on any atom is 0.234 e. The number of methoxy groups -OCH3 is 1. The molecule has 0 spiro atoms. The highest BCUT2D eigenvalue weighted by molar-refractivity contribution is 5.77. The molecular formula is C16H33N3O2. The summed E-state index contributed by atoms with van der Waals surface area (Å²) in [5.41, 5.74) is 0. The molecule has 1 amide bonds. The van der Waals surface area contributed by atoms with Gasteiger partial charge in [-0.3, -0.25) is 9.69 Å². The van der Waals surface area contributed by atoms with Gasteiger partial charge in [0.1, 0.15) is 0 Å². The fourth-order valence-corrected chi connectivity index (χ4v) is 2.97. The van der Waals surface area contributed by atoms with E-state index >= 15 is 0 Å². The van der Waals surface area contributed by atoms with E-state index in [1.807, 2.05) is 0 Å². The first-order chi connectivity index (χ1) is 10.2. The fourth-order valence-electron chi connectivity index (χ4n) is 2.97. The van der Waals surface area contributed by atoms with E-state index in [0.717, 1.165) is 32.5 Å². The van der Waals surface area contributed by atoms with Crippen LogP contribution in [0.25, 0.3) is 0 Å². The molecule has 0 bridgehead atoms. The second kappa shape index (κ2) is 11.0. The minimum absolute atomic E-state index is 0.140. The third-order valence-corrected chi connectivity index (χ3v) is 4.21. The van der Waals surface area contributed by atoms with Gasteiger partial charge in [-0.1, -0.05) is 20.3 Å². The normalized spacial score (nSPS) is 23.2. The van der Waals surface area contributed by atoms with Crippen LogP contribution in [0, 0.1) is 5.92 Å². The molecule has 1 heterocycles. The van der Waals surface area contributed by atoms with E-state index in [4.69, 9.17) is 4.74 Å². The first-order valence-corrected chi connectivity index (χ1v) is 8.42. The standard InChI is InChI=1S/C16H33N3O2/c1-4-8-17-15-7-10-19(12-14(15)5-2)13-16(20)18-9-6-11-21-3/h14-15,17H,4-13H2,1-3H3,(H,18,20). The number of piperidine rings is 1. The third kappa shape index (κ3) is 7.25. The van der Waals surface area contributed by atoms with Crippen LogP contribution < -0.4 is 10.6 Å². The van der Waals surface area contributed by atoms with Gasteiger partial charge in [0.15, 0.2) is 0 Å². The van der Waals surface area contributed by atoms with Crippen molar-refractivity contribution in [3.05, 3.63) is 0 Å². The molecule has 0 aromatic rings. The highest BCUT2D eigenvalue weighted by Gasteiger charge is 2.28. The van der Waals surface area contributed by atoms with E-state index in [-0.39, 0.29) is 5.91 Å². The van der Waals surface area contributed by atoms with Gasteiger partial charge in [-0.05, 0) is 31.7 Å². The molecule has 1 saturated heterocycles. The molecular weight excluding hydrogens is 266 g/mol. The summed E-state index contributed by atoms with van der Waals surface area (Å²) in [5.74, 6) is 0.799. The summed E-state index contributed by atoms with van der Waals surface area (Å²) in [6.07, 6.45) is 4.38. The number of carbonyl (C=O) groups excluding carboxylic acids is 1. The van der Waals surface area contributed by atoms with Crippen molar-refractivity contribution in [2.24, 2.45) is 5.92 Å². The van der Waals surface area contributed by atoms with Crippen LogP contribution in [0.1, 0.15) is 39.5 Å². The number of carbonyl (C=O) groups is 1. The molecule has 0 radical (unpaired) electrons. The zero-order chi connectivity index (χ0) is 15.5. The van der Waals surface area contributed by atoms with Gasteiger partial charge >= 0.3 is 0 Å². The number of nitrogens with one attached hydrogen (secondary N) is 2. The second-order valence-electron chi connectivity index (χ2n) is 5.95. The van der Waals surface area contributed by atoms with Gasteiger partial charge in [-0.2, -0.15) is 0 Å². The molecule has 0 aromatic heterocycles. The van der Waals surface area contributed by atoms with Gasteiger partial charge in [0.25, 0.3) is 0 Å².